The molecule has 0 unspecified atom stereocenters. The first-order chi connectivity index (χ1) is 18.6. The molecule has 0 bridgehead atoms. The van der Waals surface area contributed by atoms with Crippen molar-refractivity contribution >= 4 is 11.9 Å². The van der Waals surface area contributed by atoms with E-state index in [1.165, 1.54) is 64.9 Å². The Morgan fingerprint density at radius 1 is 1.05 bits per heavy atom. The molecule has 1 heterocycles. The number of fused-ring (bicyclic) bond motifs is 5. The molecule has 0 aromatic rings. The second kappa shape index (κ2) is 11.5. The van der Waals surface area contributed by atoms with Crippen molar-refractivity contribution in [2.24, 2.45) is 46.3 Å². The summed E-state index contributed by atoms with van der Waals surface area (Å²) in [6.07, 6.45) is 18.0. The van der Waals surface area contributed by atoms with Crippen molar-refractivity contribution in [2.45, 2.75) is 130 Å². The Hall–Kier alpha value is -1.36. The van der Waals surface area contributed by atoms with Gasteiger partial charge in [-0.1, -0.05) is 65.5 Å². The standard InChI is InChI=1S/C34H55NO4/c1-22(2)8-7-9-23(3)27-12-13-28-26-11-10-24-20-25(16-18-33(24,4)29(26)17-19-34(27,28)5)39-21-35-30(32(37)38-6)14-15-31(35)36/h10,22-23,25-30H,7-9,11-21H2,1-6H3/t23-,25+,26+,27-,28+,29+,30-,33+,34-/m1/s1. The highest BCUT2D eigenvalue weighted by atomic mass is 16.5. The lowest BCUT2D eigenvalue weighted by molar-refractivity contribution is -0.155. The summed E-state index contributed by atoms with van der Waals surface area (Å²) in [5.74, 6) is 4.78. The van der Waals surface area contributed by atoms with Crippen LogP contribution < -0.4 is 0 Å². The number of nitrogens with zero attached hydrogens (tertiary/aromatic N) is 1. The van der Waals surface area contributed by atoms with E-state index in [4.69, 9.17) is 9.47 Å². The van der Waals surface area contributed by atoms with E-state index in [-0.39, 0.29) is 24.7 Å². The van der Waals surface area contributed by atoms with Crippen LogP contribution in [0.2, 0.25) is 0 Å². The fourth-order valence-electron chi connectivity index (χ4n) is 10.3. The highest BCUT2D eigenvalue weighted by molar-refractivity contribution is 5.88. The molecule has 4 fully saturated rings. The largest absolute Gasteiger partial charge is 0.467 e. The number of methoxy groups -OCH3 is 1. The normalized spacial score (nSPS) is 40.6. The Morgan fingerprint density at radius 3 is 2.59 bits per heavy atom. The Bertz CT molecular complexity index is 943. The van der Waals surface area contributed by atoms with Crippen LogP contribution >= 0.6 is 0 Å². The minimum absolute atomic E-state index is 0.000124. The third-order valence-corrected chi connectivity index (χ3v) is 12.5. The molecule has 220 valence electrons. The molecule has 0 aromatic carbocycles. The maximum absolute atomic E-state index is 12.4. The maximum atomic E-state index is 12.4. The number of likely N-dealkylation sites (tertiary alicyclic amines) is 1. The van der Waals surface area contributed by atoms with Crippen LogP contribution in [0.4, 0.5) is 0 Å². The topological polar surface area (TPSA) is 55.8 Å². The number of hydrogen-bond donors (Lipinski definition) is 0. The van der Waals surface area contributed by atoms with Crippen molar-refractivity contribution in [3.8, 4) is 0 Å². The Kier molecular flexibility index (Phi) is 8.59. The Labute approximate surface area is 237 Å². The predicted octanol–water partition coefficient (Wildman–Crippen LogP) is 7.53. The molecule has 0 N–H and O–H groups in total. The van der Waals surface area contributed by atoms with Gasteiger partial charge in [-0.05, 0) is 104 Å². The first-order valence-corrected chi connectivity index (χ1v) is 16.3. The number of hydrogen-bond acceptors (Lipinski definition) is 4. The van der Waals surface area contributed by atoms with Gasteiger partial charge >= 0.3 is 5.97 Å². The van der Waals surface area contributed by atoms with Gasteiger partial charge in [0, 0.05) is 6.42 Å². The van der Waals surface area contributed by atoms with Crippen LogP contribution in [0.25, 0.3) is 0 Å². The monoisotopic (exact) mass is 541 g/mol. The molecule has 5 aliphatic rings. The van der Waals surface area contributed by atoms with E-state index in [0.29, 0.717) is 23.7 Å². The van der Waals surface area contributed by atoms with Crippen LogP contribution in [0, 0.1) is 46.3 Å². The van der Waals surface area contributed by atoms with E-state index < -0.39 is 6.04 Å². The number of carbonyl (C=O) groups excluding carboxylic acids is 2. The van der Waals surface area contributed by atoms with Gasteiger partial charge in [-0.2, -0.15) is 0 Å². The maximum Gasteiger partial charge on any atom is 0.328 e. The third-order valence-electron chi connectivity index (χ3n) is 12.5. The zero-order chi connectivity index (χ0) is 27.9. The molecule has 1 saturated heterocycles. The predicted molar refractivity (Wildman–Crippen MR) is 155 cm³/mol. The Balaban J connectivity index is 1.21. The number of carbonyl (C=O) groups is 2. The summed E-state index contributed by atoms with van der Waals surface area (Å²) >= 11 is 0. The second-order valence-electron chi connectivity index (χ2n) is 14.9. The molecule has 0 spiro atoms. The molecule has 5 rings (SSSR count). The summed E-state index contributed by atoms with van der Waals surface area (Å²) in [5, 5.41) is 0. The molecular weight excluding hydrogens is 486 g/mol. The van der Waals surface area contributed by atoms with Gasteiger partial charge in [0.1, 0.15) is 12.8 Å². The van der Waals surface area contributed by atoms with E-state index in [1.54, 1.807) is 10.5 Å². The van der Waals surface area contributed by atoms with Gasteiger partial charge in [-0.3, -0.25) is 4.79 Å². The van der Waals surface area contributed by atoms with Gasteiger partial charge in [-0.15, -0.1) is 0 Å². The lowest BCUT2D eigenvalue weighted by atomic mass is 9.47. The minimum atomic E-state index is -0.490. The highest BCUT2D eigenvalue weighted by Gasteiger charge is 2.59. The van der Waals surface area contributed by atoms with Crippen molar-refractivity contribution in [3.05, 3.63) is 11.6 Å². The molecule has 1 aliphatic heterocycles. The van der Waals surface area contributed by atoms with Crippen LogP contribution in [0.1, 0.15) is 118 Å². The smallest absolute Gasteiger partial charge is 0.328 e. The molecule has 0 aromatic heterocycles. The lowest BCUT2D eigenvalue weighted by Gasteiger charge is -2.58. The molecule has 5 heteroatoms. The molecule has 9 atom stereocenters. The number of amides is 1. The van der Waals surface area contributed by atoms with Crippen LogP contribution in [-0.4, -0.2) is 42.8 Å². The van der Waals surface area contributed by atoms with Crippen molar-refractivity contribution in [1.29, 1.82) is 0 Å². The SMILES string of the molecule is COC(=O)[C@H]1CCC(=O)N1CO[C@H]1CC[C@@]2(C)C(=CC[C@H]3[C@@H]4CC[C@H]([C@H](C)CCCC(C)C)[C@@]4(C)CC[C@@H]32)C1. The van der Waals surface area contributed by atoms with Crippen LogP contribution in [0.5, 0.6) is 0 Å². The third kappa shape index (κ3) is 5.35. The summed E-state index contributed by atoms with van der Waals surface area (Å²) < 4.78 is 11.2. The zero-order valence-electron chi connectivity index (χ0n) is 25.7. The van der Waals surface area contributed by atoms with Gasteiger partial charge in [0.25, 0.3) is 0 Å². The first kappa shape index (κ1) is 29.1. The van der Waals surface area contributed by atoms with Gasteiger partial charge < -0.3 is 14.4 Å². The van der Waals surface area contributed by atoms with E-state index in [1.807, 2.05) is 0 Å². The first-order valence-electron chi connectivity index (χ1n) is 16.3. The quantitative estimate of drug-likeness (QED) is 0.224. The van der Waals surface area contributed by atoms with Crippen molar-refractivity contribution in [1.82, 2.24) is 4.90 Å². The molecule has 1 amide bonds. The summed E-state index contributed by atoms with van der Waals surface area (Å²) in [6.45, 7) is 12.7. The minimum Gasteiger partial charge on any atom is -0.467 e. The average molecular weight is 542 g/mol. The molecule has 3 saturated carbocycles. The molecule has 39 heavy (non-hydrogen) atoms. The highest BCUT2D eigenvalue weighted by Crippen LogP contribution is 2.67. The van der Waals surface area contributed by atoms with Gasteiger partial charge in [-0.25, -0.2) is 4.79 Å². The fourth-order valence-corrected chi connectivity index (χ4v) is 10.3. The fraction of sp³-hybridized carbons (Fsp3) is 0.882. The van der Waals surface area contributed by atoms with Crippen molar-refractivity contribution in [2.75, 3.05) is 13.8 Å². The summed E-state index contributed by atoms with van der Waals surface area (Å²) in [7, 11) is 1.39. The van der Waals surface area contributed by atoms with Crippen molar-refractivity contribution < 1.29 is 19.1 Å². The number of ether oxygens (including phenoxy) is 2. The van der Waals surface area contributed by atoms with Gasteiger partial charge in [0.05, 0.1) is 13.2 Å². The van der Waals surface area contributed by atoms with E-state index in [0.717, 1.165) is 48.3 Å². The van der Waals surface area contributed by atoms with E-state index in [9.17, 15) is 9.59 Å². The number of esters is 1. The van der Waals surface area contributed by atoms with E-state index in [2.05, 4.69) is 40.7 Å². The average Bonchev–Trinajstić information content (AvgIpc) is 3.45. The van der Waals surface area contributed by atoms with Gasteiger partial charge in [0.2, 0.25) is 5.91 Å². The lowest BCUT2D eigenvalue weighted by Crippen LogP contribution is -2.51. The summed E-state index contributed by atoms with van der Waals surface area (Å²) in [6, 6.07) is -0.490. The molecular formula is C34H55NO4. The Morgan fingerprint density at radius 2 is 1.85 bits per heavy atom. The zero-order valence-corrected chi connectivity index (χ0v) is 25.7. The summed E-state index contributed by atoms with van der Waals surface area (Å²) in [4.78, 5) is 26.1. The second-order valence-corrected chi connectivity index (χ2v) is 14.9. The summed E-state index contributed by atoms with van der Waals surface area (Å²) in [5.41, 5.74) is 2.43. The number of rotatable bonds is 9. The molecule has 5 nitrogen and oxygen atoms in total. The number of allylic oxidation sites excluding steroid dienone is 1. The van der Waals surface area contributed by atoms with Gasteiger partial charge in [0.15, 0.2) is 0 Å². The molecule has 0 radical (unpaired) electrons. The van der Waals surface area contributed by atoms with Crippen LogP contribution in [0.3, 0.4) is 0 Å². The van der Waals surface area contributed by atoms with Crippen LogP contribution in [-0.2, 0) is 19.1 Å². The van der Waals surface area contributed by atoms with E-state index >= 15 is 0 Å². The van der Waals surface area contributed by atoms with Crippen molar-refractivity contribution in [3.63, 3.8) is 0 Å². The van der Waals surface area contributed by atoms with Crippen LogP contribution in [0.15, 0.2) is 11.6 Å². The molecule has 4 aliphatic carbocycles.